The lowest BCUT2D eigenvalue weighted by Gasteiger charge is -2.24. The monoisotopic (exact) mass is 360 g/mol. The molecule has 0 aliphatic carbocycles. The van der Waals surface area contributed by atoms with E-state index in [-0.39, 0.29) is 18.2 Å². The maximum absolute atomic E-state index is 11.8. The summed E-state index contributed by atoms with van der Waals surface area (Å²) in [5, 5.41) is 2.25. The average molecular weight is 360 g/mol. The van der Waals surface area contributed by atoms with Gasteiger partial charge in [-0.25, -0.2) is 4.79 Å². The molecular weight excluding hydrogens is 336 g/mol. The second-order valence-corrected chi connectivity index (χ2v) is 7.04. The number of nitrogens with zero attached hydrogens (tertiary/aromatic N) is 1. The topological polar surface area (TPSA) is 84.9 Å². The standard InChI is InChI=1S/C19H24N2O5/c1-19(2,3)26-18(24)21(4)9-10-25-15-7-5-13(6-8-15)11-14-12-16(22)20-17(14)23/h5-8,11H,9-10,12H2,1-4H3,(H,20,22,23)/b14-11+. The van der Waals surface area contributed by atoms with Crippen molar-refractivity contribution in [3.8, 4) is 5.75 Å². The molecule has 0 spiro atoms. The number of ether oxygens (including phenoxy) is 2. The van der Waals surface area contributed by atoms with Gasteiger partial charge in [-0.05, 0) is 44.5 Å². The highest BCUT2D eigenvalue weighted by molar-refractivity contribution is 6.15. The minimum absolute atomic E-state index is 0.105. The molecule has 0 bridgehead atoms. The minimum atomic E-state index is -0.530. The number of imide groups is 1. The number of carbonyl (C=O) groups excluding carboxylic acids is 3. The van der Waals surface area contributed by atoms with Crippen molar-refractivity contribution in [2.24, 2.45) is 0 Å². The highest BCUT2D eigenvalue weighted by Crippen LogP contribution is 2.18. The van der Waals surface area contributed by atoms with Crippen LogP contribution in [0.25, 0.3) is 6.08 Å². The van der Waals surface area contributed by atoms with Gasteiger partial charge in [-0.1, -0.05) is 12.1 Å². The third-order valence-electron chi connectivity index (χ3n) is 3.52. The predicted molar refractivity (Wildman–Crippen MR) is 96.5 cm³/mol. The molecule has 0 atom stereocenters. The van der Waals surface area contributed by atoms with Gasteiger partial charge in [-0.15, -0.1) is 0 Å². The van der Waals surface area contributed by atoms with E-state index in [2.05, 4.69) is 5.32 Å². The van der Waals surface area contributed by atoms with Gasteiger partial charge in [0.15, 0.2) is 0 Å². The van der Waals surface area contributed by atoms with Crippen LogP contribution < -0.4 is 10.1 Å². The fraction of sp³-hybridized carbons (Fsp3) is 0.421. The van der Waals surface area contributed by atoms with E-state index < -0.39 is 11.7 Å². The molecule has 2 rings (SSSR count). The van der Waals surface area contributed by atoms with Gasteiger partial charge in [0.1, 0.15) is 18.0 Å². The van der Waals surface area contributed by atoms with Crippen molar-refractivity contribution < 1.29 is 23.9 Å². The third kappa shape index (κ3) is 5.91. The highest BCUT2D eigenvalue weighted by Gasteiger charge is 2.23. The van der Waals surface area contributed by atoms with Gasteiger partial charge in [-0.2, -0.15) is 0 Å². The lowest BCUT2D eigenvalue weighted by molar-refractivity contribution is -0.124. The number of amides is 3. The Bertz CT molecular complexity index is 716. The predicted octanol–water partition coefficient (Wildman–Crippen LogP) is 2.36. The summed E-state index contributed by atoms with van der Waals surface area (Å²) in [7, 11) is 1.65. The molecule has 26 heavy (non-hydrogen) atoms. The highest BCUT2D eigenvalue weighted by atomic mass is 16.6. The summed E-state index contributed by atoms with van der Waals surface area (Å²) in [6.45, 7) is 6.17. The summed E-state index contributed by atoms with van der Waals surface area (Å²) in [6.07, 6.45) is 1.39. The number of rotatable bonds is 5. The molecule has 1 fully saturated rings. The normalized spacial score (nSPS) is 15.8. The first-order valence-corrected chi connectivity index (χ1v) is 8.36. The summed E-state index contributed by atoms with van der Waals surface area (Å²) >= 11 is 0. The van der Waals surface area contributed by atoms with Crippen molar-refractivity contribution in [3.63, 3.8) is 0 Å². The maximum Gasteiger partial charge on any atom is 0.410 e. The molecular formula is C19H24N2O5. The molecule has 1 aliphatic rings. The summed E-state index contributed by atoms with van der Waals surface area (Å²) in [6, 6.07) is 7.15. The second kappa shape index (κ2) is 8.03. The van der Waals surface area contributed by atoms with E-state index in [9.17, 15) is 14.4 Å². The van der Waals surface area contributed by atoms with Gasteiger partial charge in [0, 0.05) is 12.6 Å². The second-order valence-electron chi connectivity index (χ2n) is 7.04. The molecule has 1 N–H and O–H groups in total. The molecule has 1 aromatic carbocycles. The number of nitrogens with one attached hydrogen (secondary N) is 1. The SMILES string of the molecule is CN(CCOc1ccc(/C=C2\CC(=O)NC2=O)cc1)C(=O)OC(C)(C)C. The van der Waals surface area contributed by atoms with Gasteiger partial charge in [-0.3, -0.25) is 14.9 Å². The zero-order chi connectivity index (χ0) is 19.3. The first-order valence-electron chi connectivity index (χ1n) is 8.36. The van der Waals surface area contributed by atoms with Crippen molar-refractivity contribution in [1.82, 2.24) is 10.2 Å². The molecule has 1 aliphatic heterocycles. The maximum atomic E-state index is 11.8. The summed E-state index contributed by atoms with van der Waals surface area (Å²) < 4.78 is 10.9. The molecule has 0 radical (unpaired) electrons. The first-order chi connectivity index (χ1) is 12.1. The Labute approximate surface area is 153 Å². The van der Waals surface area contributed by atoms with E-state index in [1.165, 1.54) is 4.90 Å². The van der Waals surface area contributed by atoms with E-state index in [1.807, 2.05) is 20.8 Å². The minimum Gasteiger partial charge on any atom is -0.492 e. The van der Waals surface area contributed by atoms with Crippen LogP contribution in [0.2, 0.25) is 0 Å². The van der Waals surface area contributed by atoms with Gasteiger partial charge >= 0.3 is 6.09 Å². The summed E-state index contributed by atoms with van der Waals surface area (Å²) in [5.41, 5.74) is 0.725. The molecule has 1 aromatic rings. The quantitative estimate of drug-likeness (QED) is 0.644. The molecule has 140 valence electrons. The van der Waals surface area contributed by atoms with Crippen LogP contribution in [-0.4, -0.2) is 48.6 Å². The molecule has 1 heterocycles. The van der Waals surface area contributed by atoms with Crippen LogP contribution in [-0.2, 0) is 14.3 Å². The number of carbonyl (C=O) groups is 3. The van der Waals surface area contributed by atoms with Crippen LogP contribution in [0.4, 0.5) is 4.79 Å². The van der Waals surface area contributed by atoms with E-state index in [0.717, 1.165) is 5.56 Å². The Morgan fingerprint density at radius 3 is 2.42 bits per heavy atom. The largest absolute Gasteiger partial charge is 0.492 e. The number of likely N-dealkylation sites (N-methyl/N-ethyl adjacent to an activating group) is 1. The molecule has 0 aromatic heterocycles. The van der Waals surface area contributed by atoms with Crippen LogP contribution in [0.3, 0.4) is 0 Å². The Morgan fingerprint density at radius 2 is 1.88 bits per heavy atom. The molecule has 0 unspecified atom stereocenters. The van der Waals surface area contributed by atoms with Gasteiger partial charge in [0.05, 0.1) is 13.0 Å². The van der Waals surface area contributed by atoms with Crippen LogP contribution in [0.5, 0.6) is 5.75 Å². The van der Waals surface area contributed by atoms with Crippen molar-refractivity contribution >= 4 is 24.0 Å². The summed E-state index contributed by atoms with van der Waals surface area (Å²) in [5.74, 6) is 0.0208. The van der Waals surface area contributed by atoms with Gasteiger partial charge in [0.2, 0.25) is 5.91 Å². The zero-order valence-corrected chi connectivity index (χ0v) is 15.5. The van der Waals surface area contributed by atoms with Gasteiger partial charge in [0.25, 0.3) is 5.91 Å². The molecule has 7 nitrogen and oxygen atoms in total. The molecule has 7 heteroatoms. The van der Waals surface area contributed by atoms with E-state index in [1.54, 1.807) is 37.4 Å². The van der Waals surface area contributed by atoms with E-state index in [4.69, 9.17) is 9.47 Å². The van der Waals surface area contributed by atoms with Crippen molar-refractivity contribution in [2.75, 3.05) is 20.2 Å². The number of hydrogen-bond donors (Lipinski definition) is 1. The fourth-order valence-electron chi connectivity index (χ4n) is 2.21. The van der Waals surface area contributed by atoms with E-state index >= 15 is 0 Å². The Balaban J connectivity index is 1.82. The van der Waals surface area contributed by atoms with Crippen LogP contribution in [0, 0.1) is 0 Å². The first kappa shape index (κ1) is 19.5. The lowest BCUT2D eigenvalue weighted by atomic mass is 10.1. The molecule has 0 saturated carbocycles. The van der Waals surface area contributed by atoms with Crippen LogP contribution in [0.1, 0.15) is 32.8 Å². The lowest BCUT2D eigenvalue weighted by Crippen LogP contribution is -2.36. The fourth-order valence-corrected chi connectivity index (χ4v) is 2.21. The molecule has 1 saturated heterocycles. The zero-order valence-electron chi connectivity index (χ0n) is 15.5. The van der Waals surface area contributed by atoms with Crippen molar-refractivity contribution in [3.05, 3.63) is 35.4 Å². The van der Waals surface area contributed by atoms with E-state index in [0.29, 0.717) is 24.5 Å². The Kier molecular flexibility index (Phi) is 6.02. The van der Waals surface area contributed by atoms with Crippen molar-refractivity contribution in [2.45, 2.75) is 32.8 Å². The Morgan fingerprint density at radius 1 is 1.23 bits per heavy atom. The Hall–Kier alpha value is -2.83. The third-order valence-corrected chi connectivity index (χ3v) is 3.52. The van der Waals surface area contributed by atoms with Crippen molar-refractivity contribution in [1.29, 1.82) is 0 Å². The van der Waals surface area contributed by atoms with Gasteiger partial charge < -0.3 is 14.4 Å². The average Bonchev–Trinajstić information content (AvgIpc) is 2.84. The molecule has 3 amide bonds. The summed E-state index contributed by atoms with van der Waals surface area (Å²) in [4.78, 5) is 36.0. The van der Waals surface area contributed by atoms with Crippen LogP contribution >= 0.6 is 0 Å². The smallest absolute Gasteiger partial charge is 0.410 e. The number of hydrogen-bond acceptors (Lipinski definition) is 5. The number of benzene rings is 1. The van der Waals surface area contributed by atoms with Crippen LogP contribution in [0.15, 0.2) is 29.8 Å².